The molecule has 3 rings (SSSR count). The van der Waals surface area contributed by atoms with Gasteiger partial charge in [0.05, 0.1) is 0 Å². The van der Waals surface area contributed by atoms with Crippen molar-refractivity contribution in [3.8, 4) is 0 Å². The van der Waals surface area contributed by atoms with Crippen LogP contribution in [0.3, 0.4) is 0 Å². The molecule has 2 atom stereocenters. The van der Waals surface area contributed by atoms with Crippen LogP contribution in [0.4, 0.5) is 0 Å². The molecule has 0 fully saturated rings. The molecule has 1 nitrogen and oxygen atoms in total. The van der Waals surface area contributed by atoms with E-state index < -0.39 is 0 Å². The average molecular weight is 374 g/mol. The molecule has 0 aromatic heterocycles. The molecule has 1 aliphatic rings. The first-order valence-electron chi connectivity index (χ1n) is 9.49. The van der Waals surface area contributed by atoms with Gasteiger partial charge in [-0.2, -0.15) is 0 Å². The van der Waals surface area contributed by atoms with Crippen LogP contribution in [-0.2, 0) is 0 Å². The first-order chi connectivity index (χ1) is 13.1. The highest BCUT2D eigenvalue weighted by Gasteiger charge is 2.18. The van der Waals surface area contributed by atoms with Crippen LogP contribution in [0.1, 0.15) is 42.0 Å². The maximum absolute atomic E-state index is 6.46. The fourth-order valence-corrected chi connectivity index (χ4v) is 3.60. The Labute approximate surface area is 168 Å². The van der Waals surface area contributed by atoms with Crippen LogP contribution in [-0.4, -0.2) is 0 Å². The predicted molar refractivity (Wildman–Crippen MR) is 121 cm³/mol. The van der Waals surface area contributed by atoms with E-state index in [1.54, 1.807) is 0 Å². The monoisotopic (exact) mass is 373 g/mol. The Morgan fingerprint density at radius 1 is 1.07 bits per heavy atom. The normalized spacial score (nSPS) is 18.6. The van der Waals surface area contributed by atoms with Crippen molar-refractivity contribution >= 4 is 23.1 Å². The zero-order valence-corrected chi connectivity index (χ0v) is 16.5. The van der Waals surface area contributed by atoms with Crippen molar-refractivity contribution in [3.63, 3.8) is 0 Å². The molecule has 0 saturated carbocycles. The van der Waals surface area contributed by atoms with Gasteiger partial charge in [0.25, 0.3) is 0 Å². The molecule has 0 aliphatic heterocycles. The van der Waals surface area contributed by atoms with Crippen molar-refractivity contribution in [1.82, 2.24) is 0 Å². The largest absolute Gasteiger partial charge is 0.323 e. The molecule has 0 heterocycles. The summed E-state index contributed by atoms with van der Waals surface area (Å²) in [5.74, 6) is 0.447. The Morgan fingerprint density at radius 2 is 1.81 bits per heavy atom. The summed E-state index contributed by atoms with van der Waals surface area (Å²) in [6.45, 7) is 4.11. The van der Waals surface area contributed by atoms with Crippen molar-refractivity contribution < 1.29 is 0 Å². The number of hydrogen-bond donors (Lipinski definition) is 2. The van der Waals surface area contributed by atoms with Crippen molar-refractivity contribution in [2.75, 3.05) is 0 Å². The van der Waals surface area contributed by atoms with Crippen LogP contribution < -0.4 is 5.73 Å². The summed E-state index contributed by atoms with van der Waals surface area (Å²) in [4.78, 5) is 0.921. The van der Waals surface area contributed by atoms with E-state index in [2.05, 4.69) is 67.8 Å². The number of allylic oxidation sites excluding steroid dienone is 5. The lowest BCUT2D eigenvalue weighted by molar-refractivity contribution is 0.456. The first-order valence-corrected chi connectivity index (χ1v) is 9.94. The summed E-state index contributed by atoms with van der Waals surface area (Å²) < 4.78 is 0. The summed E-state index contributed by atoms with van der Waals surface area (Å²) in [5.41, 5.74) is 10.8. The van der Waals surface area contributed by atoms with Crippen LogP contribution in [0.2, 0.25) is 0 Å². The highest BCUT2D eigenvalue weighted by Crippen LogP contribution is 2.29. The van der Waals surface area contributed by atoms with Gasteiger partial charge in [-0.15, -0.1) is 12.6 Å². The average Bonchev–Trinajstić information content (AvgIpc) is 2.74. The fraction of sp³-hybridized carbons (Fsp3) is 0.200. The lowest BCUT2D eigenvalue weighted by Crippen LogP contribution is -2.21. The minimum Gasteiger partial charge on any atom is -0.323 e. The minimum atomic E-state index is 0.0667. The number of thiol groups is 1. The Kier molecular flexibility index (Phi) is 6.92. The fourth-order valence-electron chi connectivity index (χ4n) is 3.36. The second-order valence-corrected chi connectivity index (χ2v) is 7.45. The van der Waals surface area contributed by atoms with Crippen molar-refractivity contribution in [1.29, 1.82) is 0 Å². The number of hydrogen-bond acceptors (Lipinski definition) is 2. The molecule has 138 valence electrons. The van der Waals surface area contributed by atoms with Gasteiger partial charge in [0, 0.05) is 10.9 Å². The molecule has 2 unspecified atom stereocenters. The number of nitrogens with two attached hydrogens (primary N) is 1. The third-order valence-electron chi connectivity index (χ3n) is 5.04. The predicted octanol–water partition coefficient (Wildman–Crippen LogP) is 6.58. The van der Waals surface area contributed by atoms with Crippen LogP contribution in [0.15, 0.2) is 91.6 Å². The third-order valence-corrected chi connectivity index (χ3v) is 5.45. The van der Waals surface area contributed by atoms with Gasteiger partial charge < -0.3 is 5.73 Å². The summed E-state index contributed by atoms with van der Waals surface area (Å²) in [5, 5.41) is 0. The summed E-state index contributed by atoms with van der Waals surface area (Å²) in [7, 11) is 0. The van der Waals surface area contributed by atoms with Gasteiger partial charge >= 0.3 is 0 Å². The summed E-state index contributed by atoms with van der Waals surface area (Å²) >= 11 is 4.63. The first kappa shape index (κ1) is 19.5. The number of benzene rings is 2. The maximum atomic E-state index is 6.46. The second-order valence-electron chi connectivity index (χ2n) is 6.97. The number of rotatable bonds is 6. The molecule has 0 bridgehead atoms. The minimum absolute atomic E-state index is 0.0667. The van der Waals surface area contributed by atoms with Gasteiger partial charge in [0.15, 0.2) is 0 Å². The molecule has 0 saturated heterocycles. The van der Waals surface area contributed by atoms with E-state index in [-0.39, 0.29) is 6.04 Å². The Balaban J connectivity index is 1.64. The lowest BCUT2D eigenvalue weighted by atomic mass is 9.86. The van der Waals surface area contributed by atoms with Gasteiger partial charge in [0.2, 0.25) is 0 Å². The molecule has 1 aliphatic carbocycles. The van der Waals surface area contributed by atoms with E-state index in [0.29, 0.717) is 5.92 Å². The van der Waals surface area contributed by atoms with E-state index in [1.165, 1.54) is 24.8 Å². The molecule has 27 heavy (non-hydrogen) atoms. The highest BCUT2D eigenvalue weighted by atomic mass is 32.1. The highest BCUT2D eigenvalue weighted by molar-refractivity contribution is 7.90. The van der Waals surface area contributed by atoms with Crippen LogP contribution in [0.5, 0.6) is 0 Å². The molecule has 0 amide bonds. The zero-order chi connectivity index (χ0) is 19.1. The Morgan fingerprint density at radius 3 is 2.48 bits per heavy atom. The zero-order valence-electron chi connectivity index (χ0n) is 15.6. The third kappa shape index (κ3) is 5.35. The molecule has 2 N–H and O–H groups in total. The van der Waals surface area contributed by atoms with Crippen LogP contribution >= 0.6 is 12.6 Å². The van der Waals surface area contributed by atoms with E-state index in [1.807, 2.05) is 36.4 Å². The molecular formula is C25H27NS. The standard InChI is InChI=1S/C25H27NS/c1-19(20-10-4-2-5-11-20)9-8-14-24(27)21-15-17-23(18-16-21)25(26)22-12-6-3-7-13-22/h2,4-6,8-12,14-18,22,25,27H,1,3,7,13,26H2/b9-8-,24-14-. The smallest absolute Gasteiger partial charge is 0.0358 e. The van der Waals surface area contributed by atoms with Gasteiger partial charge in [-0.05, 0) is 53.5 Å². The topological polar surface area (TPSA) is 26.0 Å². The molecule has 2 aromatic carbocycles. The Bertz CT molecular complexity index is 844. The quantitative estimate of drug-likeness (QED) is 0.334. The molecular weight excluding hydrogens is 346 g/mol. The van der Waals surface area contributed by atoms with Gasteiger partial charge in [-0.25, -0.2) is 0 Å². The van der Waals surface area contributed by atoms with E-state index in [9.17, 15) is 0 Å². The molecule has 2 heteroatoms. The van der Waals surface area contributed by atoms with Gasteiger partial charge in [-0.1, -0.05) is 85.5 Å². The summed E-state index contributed by atoms with van der Waals surface area (Å²) in [6, 6.07) is 18.7. The summed E-state index contributed by atoms with van der Waals surface area (Å²) in [6.07, 6.45) is 14.1. The van der Waals surface area contributed by atoms with Crippen molar-refractivity contribution in [2.45, 2.75) is 25.3 Å². The molecule has 0 radical (unpaired) electrons. The molecule has 0 spiro atoms. The van der Waals surface area contributed by atoms with E-state index >= 15 is 0 Å². The Hall–Kier alpha value is -2.29. The van der Waals surface area contributed by atoms with Crippen molar-refractivity contribution in [3.05, 3.63) is 108 Å². The second kappa shape index (κ2) is 9.59. The maximum Gasteiger partial charge on any atom is 0.0358 e. The lowest BCUT2D eigenvalue weighted by Gasteiger charge is -2.23. The van der Waals surface area contributed by atoms with Gasteiger partial charge in [0.1, 0.15) is 0 Å². The molecule has 2 aromatic rings. The SMILES string of the molecule is C=C(/C=C\C=C(/S)c1ccc(C(N)C2C=CCCC2)cc1)c1ccccc1. The van der Waals surface area contributed by atoms with Crippen LogP contribution in [0.25, 0.3) is 10.5 Å². The van der Waals surface area contributed by atoms with Crippen LogP contribution in [0, 0.1) is 5.92 Å². The van der Waals surface area contributed by atoms with E-state index in [0.717, 1.165) is 21.6 Å². The van der Waals surface area contributed by atoms with Crippen molar-refractivity contribution in [2.24, 2.45) is 11.7 Å². The van der Waals surface area contributed by atoms with Gasteiger partial charge in [-0.3, -0.25) is 0 Å². The van der Waals surface area contributed by atoms with E-state index in [4.69, 9.17) is 5.73 Å².